The summed E-state index contributed by atoms with van der Waals surface area (Å²) in [6, 6.07) is 1.83. The summed E-state index contributed by atoms with van der Waals surface area (Å²) in [5.41, 5.74) is -0.282. The molecule has 1 fully saturated rings. The van der Waals surface area contributed by atoms with Gasteiger partial charge in [0, 0.05) is 25.1 Å². The molecule has 7 heteroatoms. The highest BCUT2D eigenvalue weighted by Gasteiger charge is 2.28. The van der Waals surface area contributed by atoms with E-state index in [0.29, 0.717) is 12.4 Å². The highest BCUT2D eigenvalue weighted by Crippen LogP contribution is 2.31. The number of anilines is 1. The van der Waals surface area contributed by atoms with Gasteiger partial charge in [0.1, 0.15) is 17.5 Å². The van der Waals surface area contributed by atoms with E-state index in [4.69, 9.17) is 9.47 Å². The second kappa shape index (κ2) is 9.95. The van der Waals surface area contributed by atoms with Crippen molar-refractivity contribution in [1.82, 2.24) is 9.55 Å². The summed E-state index contributed by atoms with van der Waals surface area (Å²) >= 11 is 1.68. The van der Waals surface area contributed by atoms with Gasteiger partial charge in [0.05, 0.1) is 6.61 Å². The van der Waals surface area contributed by atoms with E-state index in [9.17, 15) is 4.79 Å². The van der Waals surface area contributed by atoms with Gasteiger partial charge in [-0.2, -0.15) is 4.98 Å². The number of aromatic nitrogens is 2. The van der Waals surface area contributed by atoms with Gasteiger partial charge in [-0.3, -0.25) is 4.57 Å². The summed E-state index contributed by atoms with van der Waals surface area (Å²) in [4.78, 5) is 16.2. The van der Waals surface area contributed by atoms with Crippen LogP contribution in [0.3, 0.4) is 0 Å². The van der Waals surface area contributed by atoms with Gasteiger partial charge in [-0.25, -0.2) is 4.79 Å². The van der Waals surface area contributed by atoms with Gasteiger partial charge in [-0.15, -0.1) is 11.8 Å². The topological polar surface area (TPSA) is 65.4 Å². The fourth-order valence-corrected chi connectivity index (χ4v) is 3.24. The first-order valence-electron chi connectivity index (χ1n) is 8.42. The number of nitrogens with one attached hydrogen (secondary N) is 1. The highest BCUT2D eigenvalue weighted by molar-refractivity contribution is 8.00. The van der Waals surface area contributed by atoms with Crippen molar-refractivity contribution in [3.05, 3.63) is 22.7 Å². The van der Waals surface area contributed by atoms with Crippen LogP contribution in [0.4, 0.5) is 5.82 Å². The van der Waals surface area contributed by atoms with Crippen LogP contribution in [-0.2, 0) is 9.47 Å². The Bertz CT molecular complexity index is 524. The Morgan fingerprint density at radius 2 is 2.26 bits per heavy atom. The Hall–Kier alpha value is -1.05. The number of hydrogen-bond acceptors (Lipinski definition) is 6. The van der Waals surface area contributed by atoms with Crippen molar-refractivity contribution < 1.29 is 9.47 Å². The molecular weight excluding hydrogens is 314 g/mol. The van der Waals surface area contributed by atoms with Gasteiger partial charge < -0.3 is 14.8 Å². The smallest absolute Gasteiger partial charge is 0.351 e. The molecule has 1 aliphatic rings. The zero-order valence-electron chi connectivity index (χ0n) is 14.0. The molecule has 2 heterocycles. The normalized spacial score (nSPS) is 20.8. The molecule has 0 unspecified atom stereocenters. The Morgan fingerprint density at radius 1 is 1.43 bits per heavy atom. The summed E-state index contributed by atoms with van der Waals surface area (Å²) < 4.78 is 13.0. The van der Waals surface area contributed by atoms with Crippen molar-refractivity contribution in [3.8, 4) is 0 Å². The third-order valence-electron chi connectivity index (χ3n) is 3.61. The fourth-order valence-electron chi connectivity index (χ4n) is 2.23. The maximum atomic E-state index is 12.2. The van der Waals surface area contributed by atoms with E-state index in [1.54, 1.807) is 22.5 Å². The predicted molar refractivity (Wildman–Crippen MR) is 94.0 cm³/mol. The first kappa shape index (κ1) is 18.3. The van der Waals surface area contributed by atoms with Crippen LogP contribution in [0.2, 0.25) is 0 Å². The van der Waals surface area contributed by atoms with E-state index in [0.717, 1.165) is 44.6 Å². The van der Waals surface area contributed by atoms with Crippen molar-refractivity contribution >= 4 is 17.6 Å². The average Bonchev–Trinajstić information content (AvgIpc) is 3.01. The lowest BCUT2D eigenvalue weighted by Gasteiger charge is -2.15. The maximum Gasteiger partial charge on any atom is 0.351 e. The van der Waals surface area contributed by atoms with Crippen molar-refractivity contribution in [2.24, 2.45) is 0 Å². The van der Waals surface area contributed by atoms with Crippen molar-refractivity contribution in [1.29, 1.82) is 0 Å². The van der Waals surface area contributed by atoms with Crippen LogP contribution in [0.5, 0.6) is 0 Å². The van der Waals surface area contributed by atoms with E-state index < -0.39 is 0 Å². The van der Waals surface area contributed by atoms with Gasteiger partial charge >= 0.3 is 5.69 Å². The van der Waals surface area contributed by atoms with Gasteiger partial charge in [-0.1, -0.05) is 26.7 Å². The molecule has 0 radical (unpaired) electrons. The third-order valence-corrected chi connectivity index (χ3v) is 4.70. The number of unbranched alkanes of at least 4 members (excludes halogenated alkanes) is 2. The molecule has 23 heavy (non-hydrogen) atoms. The molecular formula is C16H27N3O3S. The quantitative estimate of drug-likeness (QED) is 0.660. The van der Waals surface area contributed by atoms with Crippen molar-refractivity contribution in [3.63, 3.8) is 0 Å². The number of hydrogen-bond donors (Lipinski definition) is 1. The van der Waals surface area contributed by atoms with E-state index in [1.165, 1.54) is 0 Å². The zero-order chi connectivity index (χ0) is 16.5. The third kappa shape index (κ3) is 5.82. The average molecular weight is 341 g/mol. The minimum atomic E-state index is -0.273. The summed E-state index contributed by atoms with van der Waals surface area (Å²) in [6.07, 6.45) is 5.86. The molecule has 130 valence electrons. The molecule has 0 bridgehead atoms. The minimum absolute atomic E-state index is 0.00823. The van der Waals surface area contributed by atoms with Crippen LogP contribution in [0, 0.1) is 0 Å². The molecule has 2 rings (SSSR count). The number of rotatable bonds is 10. The lowest BCUT2D eigenvalue weighted by Crippen LogP contribution is -2.29. The van der Waals surface area contributed by atoms with Crippen LogP contribution in [0.25, 0.3) is 0 Å². The van der Waals surface area contributed by atoms with E-state index in [1.807, 2.05) is 6.07 Å². The first-order chi connectivity index (χ1) is 11.2. The summed E-state index contributed by atoms with van der Waals surface area (Å²) in [5.74, 6) is 1.37. The summed E-state index contributed by atoms with van der Waals surface area (Å²) in [7, 11) is 0. The molecule has 0 amide bonds. The molecule has 1 aliphatic heterocycles. The molecule has 0 spiro atoms. The van der Waals surface area contributed by atoms with Crippen LogP contribution in [-0.4, -0.2) is 40.5 Å². The zero-order valence-corrected chi connectivity index (χ0v) is 14.8. The highest BCUT2D eigenvalue weighted by atomic mass is 32.2. The molecule has 2 atom stereocenters. The van der Waals surface area contributed by atoms with Crippen LogP contribution >= 0.6 is 11.8 Å². The molecule has 1 aromatic heterocycles. The molecule has 1 saturated heterocycles. The monoisotopic (exact) mass is 341 g/mol. The summed E-state index contributed by atoms with van der Waals surface area (Å²) in [5, 5.41) is 3.16. The van der Waals surface area contributed by atoms with Crippen molar-refractivity contribution in [2.75, 3.05) is 30.8 Å². The van der Waals surface area contributed by atoms with E-state index >= 15 is 0 Å². The standard InChI is InChI=1S/C16H27N3O3S/c1-3-5-8-17-13-7-9-19(16(20)18-13)14-12-23-15(22-14)11-21-10-6-4-2/h7,9,14-15H,3-6,8,10-12H2,1-2H3,(H,17,18,20)/t14-,15+/m0/s1. The molecule has 0 aromatic carbocycles. The van der Waals surface area contributed by atoms with Crippen molar-refractivity contribution in [2.45, 2.75) is 51.2 Å². The Labute approximate surface area is 142 Å². The second-order valence-electron chi connectivity index (χ2n) is 5.57. The van der Waals surface area contributed by atoms with Crippen LogP contribution in [0.1, 0.15) is 45.8 Å². The molecule has 0 saturated carbocycles. The number of nitrogens with zero attached hydrogens (tertiary/aromatic N) is 2. The first-order valence-corrected chi connectivity index (χ1v) is 9.47. The van der Waals surface area contributed by atoms with E-state index in [-0.39, 0.29) is 17.4 Å². The molecule has 1 N–H and O–H groups in total. The van der Waals surface area contributed by atoms with Gasteiger partial charge in [0.25, 0.3) is 0 Å². The lowest BCUT2D eigenvalue weighted by atomic mass is 10.3. The molecule has 6 nitrogen and oxygen atoms in total. The molecule has 1 aromatic rings. The van der Waals surface area contributed by atoms with Crippen LogP contribution in [0.15, 0.2) is 17.1 Å². The molecule has 0 aliphatic carbocycles. The number of thioether (sulfide) groups is 1. The number of ether oxygens (including phenoxy) is 2. The second-order valence-corrected chi connectivity index (χ2v) is 6.76. The van der Waals surface area contributed by atoms with E-state index in [2.05, 4.69) is 24.1 Å². The van der Waals surface area contributed by atoms with Gasteiger partial charge in [0.2, 0.25) is 0 Å². The minimum Gasteiger partial charge on any atom is -0.378 e. The fraction of sp³-hybridized carbons (Fsp3) is 0.750. The Balaban J connectivity index is 1.84. The summed E-state index contributed by atoms with van der Waals surface area (Å²) in [6.45, 7) is 6.44. The SMILES string of the molecule is CCCCNc1ccn([C@@H]2CS[C@H](COCCCC)O2)c(=O)n1. The maximum absolute atomic E-state index is 12.2. The largest absolute Gasteiger partial charge is 0.378 e. The van der Waals surface area contributed by atoms with Crippen LogP contribution < -0.4 is 11.0 Å². The van der Waals surface area contributed by atoms with Gasteiger partial charge in [-0.05, 0) is 18.9 Å². The predicted octanol–water partition coefficient (Wildman–Crippen LogP) is 2.86. The Kier molecular flexibility index (Phi) is 7.91. The lowest BCUT2D eigenvalue weighted by molar-refractivity contribution is -0.0250. The van der Waals surface area contributed by atoms with Gasteiger partial charge in [0.15, 0.2) is 0 Å². The Morgan fingerprint density at radius 3 is 3.00 bits per heavy atom.